The van der Waals surface area contributed by atoms with Gasteiger partial charge in [0.2, 0.25) is 5.91 Å². The van der Waals surface area contributed by atoms with Gasteiger partial charge in [-0.15, -0.1) is 0 Å². The first-order valence-corrected chi connectivity index (χ1v) is 15.4. The lowest BCUT2D eigenvalue weighted by Gasteiger charge is -2.27. The Hall–Kier alpha value is -2.76. The van der Waals surface area contributed by atoms with E-state index in [4.69, 9.17) is 0 Å². The number of Topliss-reactive ketones (excluding diaryl/α,β-unsaturated/α-hetero) is 3. The number of amides is 1. The number of piperidine rings is 1. The summed E-state index contributed by atoms with van der Waals surface area (Å²) in [6, 6.07) is 4.00. The molecule has 3 aliphatic rings. The molecule has 0 unspecified atom stereocenters. The zero-order chi connectivity index (χ0) is 29.0. The molecule has 3 heterocycles. The molecular formula is C34H46N2O4. The molecule has 2 aliphatic heterocycles. The second-order valence-electron chi connectivity index (χ2n) is 14.0. The van der Waals surface area contributed by atoms with Gasteiger partial charge in [0.05, 0.1) is 11.6 Å². The van der Waals surface area contributed by atoms with E-state index < -0.39 is 6.04 Å². The van der Waals surface area contributed by atoms with Crippen LogP contribution in [0.15, 0.2) is 18.3 Å². The topological polar surface area (TPSA) is 76.5 Å². The van der Waals surface area contributed by atoms with E-state index in [0.29, 0.717) is 42.9 Å². The van der Waals surface area contributed by atoms with E-state index in [1.807, 2.05) is 22.6 Å². The Labute approximate surface area is 238 Å². The Morgan fingerprint density at radius 3 is 2.48 bits per heavy atom. The van der Waals surface area contributed by atoms with Crippen LogP contribution in [0.3, 0.4) is 0 Å². The highest BCUT2D eigenvalue weighted by Gasteiger charge is 2.66. The molecule has 1 amide bonds. The van der Waals surface area contributed by atoms with Gasteiger partial charge in [0, 0.05) is 42.5 Å². The Bertz CT molecular complexity index is 1370. The van der Waals surface area contributed by atoms with E-state index in [1.165, 1.54) is 11.1 Å². The first-order chi connectivity index (χ1) is 18.9. The fourth-order valence-corrected chi connectivity index (χ4v) is 7.59. The van der Waals surface area contributed by atoms with Crippen LogP contribution >= 0.6 is 0 Å². The predicted molar refractivity (Wildman–Crippen MR) is 158 cm³/mol. The van der Waals surface area contributed by atoms with Crippen LogP contribution in [0.1, 0.15) is 127 Å². The van der Waals surface area contributed by atoms with E-state index in [-0.39, 0.29) is 40.9 Å². The molecule has 216 valence electrons. The molecule has 1 saturated carbocycles. The van der Waals surface area contributed by atoms with Crippen LogP contribution in [0.25, 0.3) is 10.9 Å². The van der Waals surface area contributed by atoms with Crippen LogP contribution in [-0.4, -0.2) is 44.8 Å². The van der Waals surface area contributed by atoms with Crippen LogP contribution in [0, 0.1) is 10.8 Å². The van der Waals surface area contributed by atoms with Gasteiger partial charge in [-0.1, -0.05) is 47.1 Å². The summed E-state index contributed by atoms with van der Waals surface area (Å²) in [4.78, 5) is 54.8. The fourth-order valence-electron chi connectivity index (χ4n) is 7.59. The van der Waals surface area contributed by atoms with Crippen molar-refractivity contribution in [1.29, 1.82) is 0 Å². The minimum Gasteiger partial charge on any atom is -0.337 e. The third-order valence-electron chi connectivity index (χ3n) is 9.98. The summed E-state index contributed by atoms with van der Waals surface area (Å²) >= 11 is 0. The second kappa shape index (κ2) is 10.6. The summed E-state index contributed by atoms with van der Waals surface area (Å²) in [6.07, 6.45) is 9.49. The van der Waals surface area contributed by atoms with Crippen LogP contribution in [0.5, 0.6) is 0 Å². The first-order valence-electron chi connectivity index (χ1n) is 15.4. The third-order valence-corrected chi connectivity index (χ3v) is 9.98. The number of nitrogens with zero attached hydrogens (tertiary/aromatic N) is 2. The molecule has 0 N–H and O–H groups in total. The van der Waals surface area contributed by atoms with Gasteiger partial charge in [0.15, 0.2) is 11.6 Å². The van der Waals surface area contributed by atoms with Gasteiger partial charge in [-0.2, -0.15) is 0 Å². The van der Waals surface area contributed by atoms with Gasteiger partial charge in [-0.3, -0.25) is 19.2 Å². The number of ketones is 3. The summed E-state index contributed by atoms with van der Waals surface area (Å²) in [5.41, 5.74) is 3.83. The smallest absolute Gasteiger partial charge is 0.243 e. The number of aromatic nitrogens is 1. The normalized spacial score (nSPS) is 27.1. The molecule has 6 nitrogen and oxygen atoms in total. The Morgan fingerprint density at radius 1 is 1.05 bits per heavy atom. The standard InChI is InChI=1S/C34H46N2O4/c1-7-29(39)28-17-34-13-11-25(38)16-33(5,6)12-9-8-10-23-14-24(21(2)3)15-26-27(22(4)37)19-35(32(23)26)20-31(40)36(28)30(34)18-34/h14-15,19,21,28,30H,7-13,16-18,20H2,1-6H3/t28-,30+,34-/m0/s1. The summed E-state index contributed by atoms with van der Waals surface area (Å²) in [7, 11) is 0. The number of benzene rings is 1. The average Bonchev–Trinajstić information content (AvgIpc) is 3.29. The summed E-state index contributed by atoms with van der Waals surface area (Å²) in [6.45, 7) is 12.3. The zero-order valence-electron chi connectivity index (χ0n) is 25.3. The molecule has 2 fully saturated rings. The van der Waals surface area contributed by atoms with E-state index in [2.05, 4.69) is 39.8 Å². The minimum absolute atomic E-state index is 0.00182. The molecule has 2 bridgehead atoms. The highest BCUT2D eigenvalue weighted by atomic mass is 16.2. The van der Waals surface area contributed by atoms with Crippen molar-refractivity contribution in [3.63, 3.8) is 0 Å². The fraction of sp³-hybridized carbons (Fsp3) is 0.647. The molecule has 1 aliphatic carbocycles. The highest BCUT2D eigenvalue weighted by molar-refractivity contribution is 6.08. The summed E-state index contributed by atoms with van der Waals surface area (Å²) < 4.78 is 1.98. The van der Waals surface area contributed by atoms with Crippen molar-refractivity contribution in [2.75, 3.05) is 0 Å². The largest absolute Gasteiger partial charge is 0.337 e. The molecule has 1 aromatic carbocycles. The van der Waals surface area contributed by atoms with Crippen molar-refractivity contribution < 1.29 is 19.2 Å². The highest BCUT2D eigenvalue weighted by Crippen LogP contribution is 2.62. The van der Waals surface area contributed by atoms with Crippen LogP contribution in [0.4, 0.5) is 0 Å². The predicted octanol–water partition coefficient (Wildman–Crippen LogP) is 6.80. The van der Waals surface area contributed by atoms with Gasteiger partial charge in [-0.05, 0) is 79.4 Å². The number of aryl methyl sites for hydroxylation is 1. The lowest BCUT2D eigenvalue weighted by Crippen LogP contribution is -2.44. The molecule has 0 spiro atoms. The lowest BCUT2D eigenvalue weighted by molar-refractivity contribution is -0.139. The number of carbonyl (C=O) groups excluding carboxylic acids is 4. The van der Waals surface area contributed by atoms with Crippen LogP contribution < -0.4 is 0 Å². The molecule has 40 heavy (non-hydrogen) atoms. The maximum absolute atomic E-state index is 14.0. The van der Waals surface area contributed by atoms with Crippen molar-refractivity contribution in [3.8, 4) is 0 Å². The third kappa shape index (κ3) is 5.31. The second-order valence-corrected chi connectivity index (χ2v) is 14.0. The van der Waals surface area contributed by atoms with Gasteiger partial charge in [-0.25, -0.2) is 0 Å². The van der Waals surface area contributed by atoms with Crippen molar-refractivity contribution in [2.45, 2.75) is 130 Å². The minimum atomic E-state index is -0.414. The van der Waals surface area contributed by atoms with E-state index in [1.54, 1.807) is 6.92 Å². The molecule has 5 rings (SSSR count). The average molecular weight is 547 g/mol. The lowest BCUT2D eigenvalue weighted by atomic mass is 9.80. The van der Waals surface area contributed by atoms with Gasteiger partial charge >= 0.3 is 0 Å². The molecule has 6 heteroatoms. The maximum atomic E-state index is 14.0. The van der Waals surface area contributed by atoms with Crippen molar-refractivity contribution >= 4 is 34.2 Å². The zero-order valence-corrected chi connectivity index (χ0v) is 25.3. The van der Waals surface area contributed by atoms with E-state index >= 15 is 0 Å². The van der Waals surface area contributed by atoms with E-state index in [9.17, 15) is 19.2 Å². The number of hydrogen-bond acceptors (Lipinski definition) is 4. The van der Waals surface area contributed by atoms with Crippen molar-refractivity contribution in [1.82, 2.24) is 9.47 Å². The number of carbonyl (C=O) groups is 4. The maximum Gasteiger partial charge on any atom is 0.243 e. The van der Waals surface area contributed by atoms with Gasteiger partial charge in [0.1, 0.15) is 12.3 Å². The Kier molecular flexibility index (Phi) is 7.60. The molecule has 0 radical (unpaired) electrons. The van der Waals surface area contributed by atoms with Crippen molar-refractivity contribution in [3.05, 3.63) is 35.0 Å². The van der Waals surface area contributed by atoms with Crippen molar-refractivity contribution in [2.24, 2.45) is 10.8 Å². The summed E-state index contributed by atoms with van der Waals surface area (Å²) in [5.74, 6) is 0.659. The molecule has 2 aromatic rings. The first kappa shape index (κ1) is 28.8. The molecule has 1 saturated heterocycles. The number of hydrogen-bond donors (Lipinski definition) is 0. The van der Waals surface area contributed by atoms with Crippen LogP contribution in [0.2, 0.25) is 0 Å². The Balaban J connectivity index is 1.60. The van der Waals surface area contributed by atoms with Crippen LogP contribution in [-0.2, 0) is 27.3 Å². The van der Waals surface area contributed by atoms with Gasteiger partial charge in [0.25, 0.3) is 0 Å². The van der Waals surface area contributed by atoms with E-state index in [0.717, 1.165) is 49.4 Å². The summed E-state index contributed by atoms with van der Waals surface area (Å²) in [5, 5.41) is 0.925. The molecule has 1 aromatic heterocycles. The number of rotatable bonds is 4. The Morgan fingerprint density at radius 2 is 1.80 bits per heavy atom. The quantitative estimate of drug-likeness (QED) is 0.395. The van der Waals surface area contributed by atoms with Gasteiger partial charge < -0.3 is 9.47 Å². The molecular weight excluding hydrogens is 500 g/mol. The molecule has 3 atom stereocenters. The SMILES string of the molecule is CCC(=O)[C@@H]1C[C@]23CCC(=O)CC(C)(C)CCCCc4cc(C(C)C)cc5c(C(C)=O)cn(c45)CC(=O)N1[C@@H]2C3. The monoisotopic (exact) mass is 546 g/mol.